The molecule has 1 saturated carbocycles. The van der Waals surface area contributed by atoms with Gasteiger partial charge in [0, 0.05) is 29.1 Å². The van der Waals surface area contributed by atoms with Crippen LogP contribution in [0.25, 0.3) is 0 Å². The zero-order chi connectivity index (χ0) is 19.6. The molecule has 1 aliphatic carbocycles. The third-order valence-corrected chi connectivity index (χ3v) is 5.10. The first-order chi connectivity index (χ1) is 13.6. The van der Waals surface area contributed by atoms with Gasteiger partial charge >= 0.3 is 6.09 Å². The maximum atomic E-state index is 13.4. The standard InChI is InChI=1S/C20H19ClFN3O3/c21-15-9-7-14(8-10-15)18-24-28-20(11-2-1-3-12-20)25(18)27-19(26)23-17-6-4-5-16(22)13-17/h4-10,13H,1-3,11-12H2,(H,23,26). The fraction of sp³-hybridized carbons (Fsp3) is 0.300. The molecule has 0 radical (unpaired) electrons. The molecule has 0 saturated heterocycles. The van der Waals surface area contributed by atoms with E-state index in [2.05, 4.69) is 10.5 Å². The second-order valence-corrected chi connectivity index (χ2v) is 7.26. The van der Waals surface area contributed by atoms with Gasteiger partial charge in [0.1, 0.15) is 5.82 Å². The highest BCUT2D eigenvalue weighted by Gasteiger charge is 2.50. The SMILES string of the molecule is O=C(Nc1cccc(F)c1)ON1C(c2ccc(Cl)cc2)=NOC12CCCCC2. The number of hydrogen-bond donors (Lipinski definition) is 1. The Balaban J connectivity index is 1.57. The number of halogens is 2. The molecule has 1 amide bonds. The molecule has 1 heterocycles. The van der Waals surface area contributed by atoms with E-state index in [-0.39, 0.29) is 0 Å². The summed E-state index contributed by atoms with van der Waals surface area (Å²) in [6, 6.07) is 12.6. The average molecular weight is 404 g/mol. The molecule has 6 nitrogen and oxygen atoms in total. The van der Waals surface area contributed by atoms with E-state index < -0.39 is 17.6 Å². The molecule has 4 rings (SSSR count). The lowest BCUT2D eigenvalue weighted by atomic mass is 9.91. The van der Waals surface area contributed by atoms with Gasteiger partial charge in [0.15, 0.2) is 0 Å². The monoisotopic (exact) mass is 403 g/mol. The number of hydrogen-bond acceptors (Lipinski definition) is 5. The Labute approximate surface area is 166 Å². The molecular weight excluding hydrogens is 385 g/mol. The summed E-state index contributed by atoms with van der Waals surface area (Å²) in [5, 5.41) is 8.77. The fourth-order valence-corrected chi connectivity index (χ4v) is 3.61. The molecule has 2 aromatic carbocycles. The summed E-state index contributed by atoms with van der Waals surface area (Å²) < 4.78 is 13.4. The van der Waals surface area contributed by atoms with Crippen LogP contribution in [0.3, 0.4) is 0 Å². The number of carbonyl (C=O) groups is 1. The molecule has 1 aliphatic heterocycles. The first kappa shape index (κ1) is 18.6. The van der Waals surface area contributed by atoms with Crippen LogP contribution in [0.15, 0.2) is 53.7 Å². The first-order valence-electron chi connectivity index (χ1n) is 9.13. The van der Waals surface area contributed by atoms with E-state index in [9.17, 15) is 9.18 Å². The second kappa shape index (κ2) is 7.67. The minimum absolute atomic E-state index is 0.299. The number of amides is 1. The molecule has 0 atom stereocenters. The molecule has 146 valence electrons. The highest BCUT2D eigenvalue weighted by atomic mass is 35.5. The number of benzene rings is 2. The molecule has 0 bridgehead atoms. The molecule has 28 heavy (non-hydrogen) atoms. The molecule has 2 aliphatic rings. The third-order valence-electron chi connectivity index (χ3n) is 4.85. The first-order valence-corrected chi connectivity index (χ1v) is 9.50. The third kappa shape index (κ3) is 3.75. The summed E-state index contributed by atoms with van der Waals surface area (Å²) >= 11 is 5.97. The normalized spacial score (nSPS) is 17.8. The molecule has 1 spiro atoms. The largest absolute Gasteiger partial charge is 0.436 e. The second-order valence-electron chi connectivity index (χ2n) is 6.83. The van der Waals surface area contributed by atoms with E-state index in [1.165, 1.54) is 23.3 Å². The number of hydroxylamine groups is 2. The van der Waals surface area contributed by atoms with Gasteiger partial charge in [0.05, 0.1) is 0 Å². The maximum Gasteiger partial charge on any atom is 0.436 e. The summed E-state index contributed by atoms with van der Waals surface area (Å²) in [5.74, 6) is -0.0533. The Morgan fingerprint density at radius 3 is 2.64 bits per heavy atom. The van der Waals surface area contributed by atoms with Gasteiger partial charge in [-0.25, -0.2) is 9.18 Å². The zero-order valence-corrected chi connectivity index (χ0v) is 15.8. The molecular formula is C20H19ClFN3O3. The minimum atomic E-state index is -0.827. The van der Waals surface area contributed by atoms with Gasteiger partial charge in [0.2, 0.25) is 11.6 Å². The van der Waals surface area contributed by atoms with Crippen LogP contribution < -0.4 is 5.32 Å². The lowest BCUT2D eigenvalue weighted by Gasteiger charge is -2.37. The van der Waals surface area contributed by atoms with Crippen molar-refractivity contribution in [2.24, 2.45) is 5.16 Å². The molecule has 1 N–H and O–H groups in total. The summed E-state index contributed by atoms with van der Waals surface area (Å²) in [5.41, 5.74) is 0.185. The van der Waals surface area contributed by atoms with E-state index in [4.69, 9.17) is 21.3 Å². The van der Waals surface area contributed by atoms with Crippen molar-refractivity contribution < 1.29 is 18.9 Å². The molecule has 1 fully saturated rings. The molecule has 0 aromatic heterocycles. The Bertz CT molecular complexity index is 898. The van der Waals surface area contributed by atoms with Gasteiger partial charge in [0.25, 0.3) is 0 Å². The van der Waals surface area contributed by atoms with Crippen LogP contribution in [-0.4, -0.2) is 22.7 Å². The number of amidine groups is 1. The number of carbonyl (C=O) groups excluding carboxylic acids is 1. The van der Waals surface area contributed by atoms with Crippen molar-refractivity contribution in [2.45, 2.75) is 37.8 Å². The summed E-state index contributed by atoms with van der Waals surface area (Å²) in [4.78, 5) is 23.9. The van der Waals surface area contributed by atoms with Crippen LogP contribution in [0.5, 0.6) is 0 Å². The average Bonchev–Trinajstić information content (AvgIpc) is 3.00. The maximum absolute atomic E-state index is 13.4. The zero-order valence-electron chi connectivity index (χ0n) is 15.0. The highest BCUT2D eigenvalue weighted by Crippen LogP contribution is 2.40. The van der Waals surface area contributed by atoms with Gasteiger partial charge in [-0.05, 0) is 55.3 Å². The predicted molar refractivity (Wildman–Crippen MR) is 103 cm³/mol. The van der Waals surface area contributed by atoms with Crippen molar-refractivity contribution in [1.82, 2.24) is 5.06 Å². The van der Waals surface area contributed by atoms with Crippen molar-refractivity contribution >= 4 is 29.2 Å². The van der Waals surface area contributed by atoms with E-state index in [1.807, 2.05) is 0 Å². The minimum Gasteiger partial charge on any atom is -0.362 e. The lowest BCUT2D eigenvalue weighted by Crippen LogP contribution is -2.51. The summed E-state index contributed by atoms with van der Waals surface area (Å²) in [7, 11) is 0. The van der Waals surface area contributed by atoms with Crippen molar-refractivity contribution in [3.63, 3.8) is 0 Å². The van der Waals surface area contributed by atoms with Gasteiger partial charge in [-0.3, -0.25) is 5.32 Å². The highest BCUT2D eigenvalue weighted by molar-refractivity contribution is 6.30. The van der Waals surface area contributed by atoms with Gasteiger partial charge < -0.3 is 9.68 Å². The predicted octanol–water partition coefficient (Wildman–Crippen LogP) is 5.30. The van der Waals surface area contributed by atoms with E-state index in [0.717, 1.165) is 19.3 Å². The Morgan fingerprint density at radius 1 is 1.18 bits per heavy atom. The Kier molecular flexibility index (Phi) is 5.09. The number of rotatable bonds is 3. The van der Waals surface area contributed by atoms with Crippen LogP contribution in [0, 0.1) is 5.82 Å². The van der Waals surface area contributed by atoms with Crippen LogP contribution in [-0.2, 0) is 9.68 Å². The van der Waals surface area contributed by atoms with Crippen molar-refractivity contribution in [3.8, 4) is 0 Å². The molecule has 2 aromatic rings. The number of oxime groups is 1. The number of nitrogens with zero attached hydrogens (tertiary/aromatic N) is 2. The van der Waals surface area contributed by atoms with Crippen LogP contribution in [0.4, 0.5) is 14.9 Å². The number of nitrogens with one attached hydrogen (secondary N) is 1. The number of anilines is 1. The Morgan fingerprint density at radius 2 is 1.93 bits per heavy atom. The van der Waals surface area contributed by atoms with Crippen LogP contribution in [0.1, 0.15) is 37.7 Å². The lowest BCUT2D eigenvalue weighted by molar-refractivity contribution is -0.224. The molecule has 0 unspecified atom stereocenters. The van der Waals surface area contributed by atoms with Crippen LogP contribution in [0.2, 0.25) is 5.02 Å². The van der Waals surface area contributed by atoms with E-state index in [0.29, 0.717) is 35.0 Å². The topological polar surface area (TPSA) is 63.2 Å². The van der Waals surface area contributed by atoms with Gasteiger partial charge in [-0.2, -0.15) is 0 Å². The van der Waals surface area contributed by atoms with Gasteiger partial charge in [-0.15, -0.1) is 5.06 Å². The van der Waals surface area contributed by atoms with Crippen LogP contribution >= 0.6 is 11.6 Å². The summed E-state index contributed by atoms with van der Waals surface area (Å²) in [6.45, 7) is 0. The van der Waals surface area contributed by atoms with Gasteiger partial charge in [-0.1, -0.05) is 29.2 Å². The Hall–Kier alpha value is -2.80. The van der Waals surface area contributed by atoms with E-state index in [1.54, 1.807) is 30.3 Å². The van der Waals surface area contributed by atoms with Crippen molar-refractivity contribution in [2.75, 3.05) is 5.32 Å². The molecule has 8 heteroatoms. The van der Waals surface area contributed by atoms with E-state index >= 15 is 0 Å². The smallest absolute Gasteiger partial charge is 0.362 e. The fourth-order valence-electron chi connectivity index (χ4n) is 3.48. The summed E-state index contributed by atoms with van der Waals surface area (Å²) in [6.07, 6.45) is 3.58. The van der Waals surface area contributed by atoms with Crippen molar-refractivity contribution in [3.05, 3.63) is 64.9 Å². The quantitative estimate of drug-likeness (QED) is 0.755. The van der Waals surface area contributed by atoms with Crippen molar-refractivity contribution in [1.29, 1.82) is 0 Å².